The molecule has 0 spiro atoms. The van der Waals surface area contributed by atoms with Crippen LogP contribution in [0.2, 0.25) is 5.02 Å². The molecule has 2 aromatic rings. The van der Waals surface area contributed by atoms with Gasteiger partial charge in [0.25, 0.3) is 0 Å². The van der Waals surface area contributed by atoms with Gasteiger partial charge in [0.15, 0.2) is 0 Å². The van der Waals surface area contributed by atoms with Crippen molar-refractivity contribution in [2.45, 2.75) is 13.0 Å². The summed E-state index contributed by atoms with van der Waals surface area (Å²) in [7, 11) is 0. The Labute approximate surface area is 151 Å². The van der Waals surface area contributed by atoms with E-state index in [0.29, 0.717) is 24.5 Å². The molecule has 1 saturated heterocycles. The highest BCUT2D eigenvalue weighted by Crippen LogP contribution is 2.25. The first kappa shape index (κ1) is 17.3. The minimum Gasteiger partial charge on any atom is -0.481 e. The van der Waals surface area contributed by atoms with E-state index in [4.69, 9.17) is 16.7 Å². The van der Waals surface area contributed by atoms with Gasteiger partial charge in [0.05, 0.1) is 5.92 Å². The van der Waals surface area contributed by atoms with Crippen molar-refractivity contribution in [3.63, 3.8) is 0 Å². The summed E-state index contributed by atoms with van der Waals surface area (Å²) in [5.74, 6) is -1.31. The summed E-state index contributed by atoms with van der Waals surface area (Å²) in [5.41, 5.74) is 3.05. The maximum Gasteiger partial charge on any atom is 0.317 e. The number of carboxylic acid groups (broad SMARTS) is 1. The summed E-state index contributed by atoms with van der Waals surface area (Å²) in [4.78, 5) is 24.8. The largest absolute Gasteiger partial charge is 0.481 e. The molecule has 0 saturated carbocycles. The van der Waals surface area contributed by atoms with Gasteiger partial charge in [-0.05, 0) is 35.2 Å². The fourth-order valence-corrected chi connectivity index (χ4v) is 3.14. The summed E-state index contributed by atoms with van der Waals surface area (Å²) < 4.78 is 0. The zero-order valence-corrected chi connectivity index (χ0v) is 14.4. The van der Waals surface area contributed by atoms with Crippen LogP contribution in [0.15, 0.2) is 48.5 Å². The first-order valence-corrected chi connectivity index (χ1v) is 8.52. The molecule has 130 valence electrons. The number of hydrogen-bond donors (Lipinski definition) is 2. The number of hydrogen-bond acceptors (Lipinski definition) is 2. The Morgan fingerprint density at radius 1 is 1.16 bits per heavy atom. The van der Waals surface area contributed by atoms with Crippen molar-refractivity contribution in [2.75, 3.05) is 13.1 Å². The van der Waals surface area contributed by atoms with E-state index in [1.165, 1.54) is 0 Å². The van der Waals surface area contributed by atoms with Crippen LogP contribution in [-0.2, 0) is 11.3 Å². The predicted octanol–water partition coefficient (Wildman–Crippen LogP) is 3.62. The molecule has 1 aliphatic rings. The second kappa shape index (κ2) is 7.57. The van der Waals surface area contributed by atoms with E-state index in [-0.39, 0.29) is 12.6 Å². The molecule has 0 bridgehead atoms. The van der Waals surface area contributed by atoms with Crippen molar-refractivity contribution in [3.8, 4) is 11.1 Å². The molecule has 1 heterocycles. The van der Waals surface area contributed by atoms with Gasteiger partial charge in [-0.2, -0.15) is 0 Å². The topological polar surface area (TPSA) is 69.6 Å². The molecular weight excluding hydrogens is 340 g/mol. The minimum absolute atomic E-state index is 0.227. The molecule has 2 amide bonds. The van der Waals surface area contributed by atoms with E-state index in [1.807, 2.05) is 48.5 Å². The average Bonchev–Trinajstić information content (AvgIpc) is 3.11. The normalized spacial score (nSPS) is 16.7. The Morgan fingerprint density at radius 2 is 1.88 bits per heavy atom. The lowest BCUT2D eigenvalue weighted by Crippen LogP contribution is -2.38. The van der Waals surface area contributed by atoms with Gasteiger partial charge in [-0.1, -0.05) is 48.0 Å². The van der Waals surface area contributed by atoms with Crippen LogP contribution in [0.1, 0.15) is 12.0 Å². The van der Waals surface area contributed by atoms with Crippen LogP contribution in [0.4, 0.5) is 4.79 Å². The van der Waals surface area contributed by atoms with E-state index >= 15 is 0 Å². The van der Waals surface area contributed by atoms with Gasteiger partial charge in [0.1, 0.15) is 0 Å². The number of halogens is 1. The van der Waals surface area contributed by atoms with Gasteiger partial charge in [-0.3, -0.25) is 4.79 Å². The van der Waals surface area contributed by atoms with Crippen LogP contribution in [0.25, 0.3) is 11.1 Å². The highest BCUT2D eigenvalue weighted by atomic mass is 35.5. The van der Waals surface area contributed by atoms with Gasteiger partial charge in [-0.25, -0.2) is 4.79 Å². The first-order chi connectivity index (χ1) is 12.0. The molecule has 25 heavy (non-hydrogen) atoms. The minimum atomic E-state index is -0.844. The van der Waals surface area contributed by atoms with Crippen LogP contribution >= 0.6 is 11.6 Å². The number of carbonyl (C=O) groups excluding carboxylic acids is 1. The van der Waals surface area contributed by atoms with Gasteiger partial charge in [-0.15, -0.1) is 0 Å². The number of carboxylic acids is 1. The molecule has 3 rings (SSSR count). The van der Waals surface area contributed by atoms with E-state index < -0.39 is 11.9 Å². The van der Waals surface area contributed by atoms with E-state index in [1.54, 1.807) is 4.90 Å². The summed E-state index contributed by atoms with van der Waals surface area (Å²) in [6, 6.07) is 15.2. The molecule has 1 fully saturated rings. The number of carbonyl (C=O) groups is 2. The number of benzene rings is 2. The SMILES string of the molecule is O=C(O)C1CCN(C(=O)NCc2ccccc2-c2ccc(Cl)cc2)C1. The maximum atomic E-state index is 12.3. The lowest BCUT2D eigenvalue weighted by Gasteiger charge is -2.18. The van der Waals surface area contributed by atoms with Crippen molar-refractivity contribution < 1.29 is 14.7 Å². The highest BCUT2D eigenvalue weighted by molar-refractivity contribution is 6.30. The summed E-state index contributed by atoms with van der Waals surface area (Å²) in [6.45, 7) is 1.12. The van der Waals surface area contributed by atoms with Crippen LogP contribution < -0.4 is 5.32 Å². The number of aliphatic carboxylic acids is 1. The molecule has 2 N–H and O–H groups in total. The molecule has 1 aliphatic heterocycles. The molecule has 1 unspecified atom stereocenters. The fraction of sp³-hybridized carbons (Fsp3) is 0.263. The van der Waals surface area contributed by atoms with Crippen LogP contribution in [0.3, 0.4) is 0 Å². The van der Waals surface area contributed by atoms with E-state index in [9.17, 15) is 9.59 Å². The second-order valence-electron chi connectivity index (χ2n) is 6.09. The Hall–Kier alpha value is -2.53. The molecule has 1 atom stereocenters. The molecule has 2 aromatic carbocycles. The number of nitrogens with zero attached hydrogens (tertiary/aromatic N) is 1. The number of likely N-dealkylation sites (tertiary alicyclic amines) is 1. The summed E-state index contributed by atoms with van der Waals surface area (Å²) in [5, 5.41) is 12.6. The molecule has 6 heteroatoms. The van der Waals surface area contributed by atoms with Crippen molar-refractivity contribution in [1.29, 1.82) is 0 Å². The van der Waals surface area contributed by atoms with Crippen molar-refractivity contribution in [2.24, 2.45) is 5.92 Å². The van der Waals surface area contributed by atoms with Crippen molar-refractivity contribution in [1.82, 2.24) is 10.2 Å². The lowest BCUT2D eigenvalue weighted by atomic mass is 10.00. The quantitative estimate of drug-likeness (QED) is 0.876. The average molecular weight is 359 g/mol. The highest BCUT2D eigenvalue weighted by Gasteiger charge is 2.30. The fourth-order valence-electron chi connectivity index (χ4n) is 3.01. The number of amides is 2. The zero-order chi connectivity index (χ0) is 17.8. The monoisotopic (exact) mass is 358 g/mol. The number of urea groups is 1. The standard InChI is InChI=1S/C19H19ClN2O3/c20-16-7-5-13(6-8-16)17-4-2-1-3-14(17)11-21-19(25)22-10-9-15(12-22)18(23)24/h1-8,15H,9-12H2,(H,21,25)(H,23,24). The first-order valence-electron chi connectivity index (χ1n) is 8.14. The molecular formula is C19H19ClN2O3. The van der Waals surface area contributed by atoms with E-state index in [2.05, 4.69) is 5.32 Å². The number of rotatable bonds is 4. The smallest absolute Gasteiger partial charge is 0.317 e. The van der Waals surface area contributed by atoms with Crippen LogP contribution in [0, 0.1) is 5.92 Å². The second-order valence-corrected chi connectivity index (χ2v) is 6.53. The van der Waals surface area contributed by atoms with E-state index in [0.717, 1.165) is 16.7 Å². The van der Waals surface area contributed by atoms with Gasteiger partial charge in [0.2, 0.25) is 0 Å². The molecule has 0 aromatic heterocycles. The Balaban J connectivity index is 1.67. The molecule has 5 nitrogen and oxygen atoms in total. The van der Waals surface area contributed by atoms with Gasteiger partial charge in [0, 0.05) is 24.7 Å². The molecule has 0 radical (unpaired) electrons. The summed E-state index contributed by atoms with van der Waals surface area (Å²) >= 11 is 5.94. The van der Waals surface area contributed by atoms with Crippen molar-refractivity contribution >= 4 is 23.6 Å². The third-order valence-electron chi connectivity index (χ3n) is 4.43. The van der Waals surface area contributed by atoms with Crippen LogP contribution in [0.5, 0.6) is 0 Å². The predicted molar refractivity (Wildman–Crippen MR) is 96.4 cm³/mol. The summed E-state index contributed by atoms with van der Waals surface area (Å²) in [6.07, 6.45) is 0.504. The third-order valence-corrected chi connectivity index (χ3v) is 4.68. The lowest BCUT2D eigenvalue weighted by molar-refractivity contribution is -0.141. The maximum absolute atomic E-state index is 12.3. The Kier molecular flexibility index (Phi) is 5.24. The van der Waals surface area contributed by atoms with Crippen molar-refractivity contribution in [3.05, 3.63) is 59.1 Å². The van der Waals surface area contributed by atoms with Crippen LogP contribution in [-0.4, -0.2) is 35.1 Å². The zero-order valence-electron chi connectivity index (χ0n) is 13.6. The molecule has 0 aliphatic carbocycles. The Morgan fingerprint density at radius 3 is 2.56 bits per heavy atom. The van der Waals surface area contributed by atoms with Gasteiger partial charge >= 0.3 is 12.0 Å². The number of nitrogens with one attached hydrogen (secondary N) is 1. The van der Waals surface area contributed by atoms with Gasteiger partial charge < -0.3 is 15.3 Å². The third kappa shape index (κ3) is 4.12. The Bertz CT molecular complexity index is 776.